The van der Waals surface area contributed by atoms with Crippen LogP contribution in [0.5, 0.6) is 28.7 Å². The predicted octanol–water partition coefficient (Wildman–Crippen LogP) is -4.13. The van der Waals surface area contributed by atoms with Crippen molar-refractivity contribution in [3.8, 4) is 28.7 Å². The van der Waals surface area contributed by atoms with Gasteiger partial charge in [0.1, 0.15) is 84.2 Å². The van der Waals surface area contributed by atoms with E-state index >= 15 is 0 Å². The Hall–Kier alpha value is -4.44. The number of esters is 1. The third kappa shape index (κ3) is 7.02. The van der Waals surface area contributed by atoms with Crippen LogP contribution in [0.3, 0.4) is 0 Å². The van der Waals surface area contributed by atoms with Gasteiger partial charge in [-0.3, -0.25) is 4.79 Å². The fraction of sp³-hybridized carbons (Fsp3) is 0.467. The number of phenols is 4. The molecular formula is C30H34O19. The highest BCUT2D eigenvalue weighted by Crippen LogP contribution is 2.52. The van der Waals surface area contributed by atoms with Gasteiger partial charge in [-0.05, 0) is 18.2 Å². The fourth-order valence-corrected chi connectivity index (χ4v) is 5.67. The molecule has 2 aromatic carbocycles. The predicted molar refractivity (Wildman–Crippen MR) is 153 cm³/mol. The smallest absolute Gasteiger partial charge is 0.311 e. The van der Waals surface area contributed by atoms with E-state index in [2.05, 4.69) is 4.74 Å². The van der Waals surface area contributed by atoms with E-state index in [0.29, 0.717) is 0 Å². The van der Waals surface area contributed by atoms with E-state index in [9.17, 15) is 70.9 Å². The molecule has 268 valence electrons. The molecule has 3 heterocycles. The summed E-state index contributed by atoms with van der Waals surface area (Å²) in [4.78, 5) is 22.4. The maximum atomic E-state index is 11.7. The minimum absolute atomic E-state index is 0.0772. The summed E-state index contributed by atoms with van der Waals surface area (Å²) in [6, 6.07) is 4.29. The molecule has 0 spiro atoms. The Morgan fingerprint density at radius 1 is 0.796 bits per heavy atom. The van der Waals surface area contributed by atoms with Crippen LogP contribution in [0.15, 0.2) is 30.0 Å². The number of aliphatic carboxylic acids is 1. The lowest BCUT2D eigenvalue weighted by Gasteiger charge is -2.41. The van der Waals surface area contributed by atoms with Crippen LogP contribution < -0.4 is 5.11 Å². The van der Waals surface area contributed by atoms with Gasteiger partial charge >= 0.3 is 5.97 Å². The van der Waals surface area contributed by atoms with Gasteiger partial charge in [-0.15, -0.1) is 0 Å². The van der Waals surface area contributed by atoms with Crippen LogP contribution in [-0.4, -0.2) is 141 Å². The number of benzene rings is 2. The minimum Gasteiger partial charge on any atom is -0.571 e. The lowest BCUT2D eigenvalue weighted by atomic mass is 9.88. The summed E-state index contributed by atoms with van der Waals surface area (Å²) >= 11 is 0. The lowest BCUT2D eigenvalue weighted by molar-refractivity contribution is -0.306. The summed E-state index contributed by atoms with van der Waals surface area (Å²) in [6.07, 6.45) is -19.1. The van der Waals surface area contributed by atoms with Crippen molar-refractivity contribution in [3.05, 3.63) is 46.7 Å². The van der Waals surface area contributed by atoms with Crippen LogP contribution >= 0.6 is 0 Å². The summed E-state index contributed by atoms with van der Waals surface area (Å²) in [7, 11) is 0. The molecule has 2 fully saturated rings. The number of carbonyl (C=O) groups excluding carboxylic acids is 2. The van der Waals surface area contributed by atoms with Crippen LogP contribution in [0, 0.1) is 0 Å². The molecule has 19 nitrogen and oxygen atoms in total. The van der Waals surface area contributed by atoms with Gasteiger partial charge in [0.2, 0.25) is 6.29 Å². The van der Waals surface area contributed by atoms with Crippen molar-refractivity contribution < 1.29 is 94.6 Å². The Balaban J connectivity index is 1.55. The topological polar surface area (TPSA) is 329 Å². The number of hydrogen-bond acceptors (Lipinski definition) is 18. The van der Waals surface area contributed by atoms with Crippen molar-refractivity contribution in [2.45, 2.75) is 73.8 Å². The Morgan fingerprint density at radius 3 is 2.12 bits per heavy atom. The molecule has 0 radical (unpaired) electrons. The lowest BCUT2D eigenvalue weighted by Crippen LogP contribution is -2.59. The fourth-order valence-electron chi connectivity index (χ4n) is 5.67. The normalized spacial score (nSPS) is 32.7. The van der Waals surface area contributed by atoms with Crippen LogP contribution in [0.2, 0.25) is 0 Å². The first-order valence-electron chi connectivity index (χ1n) is 14.7. The summed E-state index contributed by atoms with van der Waals surface area (Å²) in [6.45, 7) is -1.59. The summed E-state index contributed by atoms with van der Waals surface area (Å²) < 4.78 is 26.4. The SMILES string of the molecule is O=C([O-])CC(=O)OCC1OC(OC2=Cc3c(O)cc(O)c(C4OC(CO)C(O)C(O)C4O)c3[OH+]C2c2ccc(O)c(O)c2)C(O)C(O)C1O. The van der Waals surface area contributed by atoms with Gasteiger partial charge in [0, 0.05) is 12.1 Å². The summed E-state index contributed by atoms with van der Waals surface area (Å²) in [5, 5.41) is 126. The number of aliphatic hydroxyl groups excluding tert-OH is 7. The third-order valence-electron chi connectivity index (χ3n) is 8.26. The van der Waals surface area contributed by atoms with Crippen LogP contribution in [0.1, 0.15) is 35.3 Å². The number of rotatable bonds is 9. The molecule has 12 N–H and O–H groups in total. The van der Waals surface area contributed by atoms with Crippen molar-refractivity contribution in [3.63, 3.8) is 0 Å². The molecule has 0 bridgehead atoms. The number of phenolic OH excluding ortho intramolecular Hbond substituents is 4. The Morgan fingerprint density at radius 2 is 1.47 bits per heavy atom. The highest BCUT2D eigenvalue weighted by Gasteiger charge is 2.50. The first kappa shape index (κ1) is 35.9. The van der Waals surface area contributed by atoms with E-state index in [-0.39, 0.29) is 28.2 Å². The zero-order chi connectivity index (χ0) is 35.9. The molecule has 11 unspecified atom stereocenters. The molecule has 49 heavy (non-hydrogen) atoms. The zero-order valence-corrected chi connectivity index (χ0v) is 25.1. The third-order valence-corrected chi connectivity index (χ3v) is 8.26. The van der Waals surface area contributed by atoms with E-state index in [1.54, 1.807) is 0 Å². The maximum absolute atomic E-state index is 11.7. The number of ether oxygens (including phenoxy) is 5. The van der Waals surface area contributed by atoms with Gasteiger partial charge in [-0.25, -0.2) is 0 Å². The van der Waals surface area contributed by atoms with Crippen molar-refractivity contribution in [2.75, 3.05) is 13.2 Å². The first-order valence-corrected chi connectivity index (χ1v) is 14.7. The molecule has 2 aromatic rings. The number of carbonyl (C=O) groups is 2. The molecule has 3 aliphatic heterocycles. The minimum atomic E-state index is -1.97. The second kappa shape index (κ2) is 14.2. The number of carboxylic acids is 1. The van der Waals surface area contributed by atoms with Crippen molar-refractivity contribution in [1.29, 1.82) is 0 Å². The number of aromatic hydroxyl groups is 5. The molecule has 0 aromatic heterocycles. The number of fused-ring (bicyclic) bond motifs is 1. The molecular weight excluding hydrogens is 664 g/mol. The summed E-state index contributed by atoms with van der Waals surface area (Å²) in [5.41, 5.74) is -0.426. The van der Waals surface area contributed by atoms with Crippen LogP contribution in [-0.2, 0) is 28.5 Å². The zero-order valence-electron chi connectivity index (χ0n) is 25.1. The van der Waals surface area contributed by atoms with Crippen LogP contribution in [0.25, 0.3) is 6.08 Å². The molecule has 5 rings (SSSR count). The van der Waals surface area contributed by atoms with Gasteiger partial charge < -0.3 is 89.8 Å². The van der Waals surface area contributed by atoms with Gasteiger partial charge in [-0.1, -0.05) is 0 Å². The standard InChI is InChI=1S/C30H34O19/c31-7-16-21(39)23(41)25(43)29(46-16)20-14(35)5-12(33)10-4-15(27(49-28(10)20)9-1-2-11(32)13(34)3-9)47-30-26(44)24(42)22(40)17(48-30)8-45-19(38)6-18(36)37/h1-5,16-17,21-27,29-35,39-44H,6-8H2,(H,36,37). The molecule has 0 aliphatic carbocycles. The first-order chi connectivity index (χ1) is 23.1. The van der Waals surface area contributed by atoms with Crippen molar-refractivity contribution >= 4 is 18.0 Å². The quantitative estimate of drug-likeness (QED) is 0.0512. The Labute approximate surface area is 275 Å². The van der Waals surface area contributed by atoms with Gasteiger partial charge in [0.25, 0.3) is 11.9 Å². The molecule has 3 aliphatic rings. The monoisotopic (exact) mass is 698 g/mol. The summed E-state index contributed by atoms with van der Waals surface area (Å²) in [5.74, 6) is -5.97. The number of carboxylic acid groups (broad SMARTS) is 1. The average molecular weight is 699 g/mol. The molecule has 0 saturated carbocycles. The van der Waals surface area contributed by atoms with E-state index in [0.717, 1.165) is 24.3 Å². The second-order valence-corrected chi connectivity index (χ2v) is 11.5. The number of hydrogen-bond donors (Lipinski definition) is 11. The van der Waals surface area contributed by atoms with Gasteiger partial charge in [0.05, 0.1) is 24.6 Å². The van der Waals surface area contributed by atoms with E-state index in [1.807, 2.05) is 0 Å². The molecule has 19 heteroatoms. The maximum Gasteiger partial charge on any atom is 0.311 e. The largest absolute Gasteiger partial charge is 0.571 e. The Kier molecular flexibility index (Phi) is 10.4. The van der Waals surface area contributed by atoms with Crippen LogP contribution in [0.4, 0.5) is 0 Å². The highest BCUT2D eigenvalue weighted by atomic mass is 16.7. The second-order valence-electron chi connectivity index (χ2n) is 11.5. The van der Waals surface area contributed by atoms with Gasteiger partial charge in [0.15, 0.2) is 17.3 Å². The van der Waals surface area contributed by atoms with E-state index in [1.165, 1.54) is 6.07 Å². The van der Waals surface area contributed by atoms with Crippen molar-refractivity contribution in [1.82, 2.24) is 0 Å². The highest BCUT2D eigenvalue weighted by molar-refractivity contribution is 5.89. The van der Waals surface area contributed by atoms with Crippen molar-refractivity contribution in [2.24, 2.45) is 0 Å². The van der Waals surface area contributed by atoms with Gasteiger partial charge in [-0.2, -0.15) is 0 Å². The van der Waals surface area contributed by atoms with E-state index in [4.69, 9.17) is 18.9 Å². The Bertz CT molecular complexity index is 1590. The molecule has 2 saturated heterocycles. The van der Waals surface area contributed by atoms with E-state index < -0.39 is 122 Å². The number of aliphatic hydroxyl groups is 8. The molecule has 11 atom stereocenters. The average Bonchev–Trinajstić information content (AvgIpc) is 3.05. The molecule has 0 amide bonds.